The summed E-state index contributed by atoms with van der Waals surface area (Å²) in [4.78, 5) is 35.8. The number of alkyl halides is 3. The predicted molar refractivity (Wildman–Crippen MR) is 88.7 cm³/mol. The molecule has 3 amide bonds. The molecule has 0 aromatic heterocycles. The molecule has 0 unspecified atom stereocenters. The summed E-state index contributed by atoms with van der Waals surface area (Å²) in [7, 11) is 0. The third kappa shape index (κ3) is 7.92. The number of likely N-dealkylation sites (tertiary alicyclic amines) is 1. The Balaban J connectivity index is 2.86. The van der Waals surface area contributed by atoms with Gasteiger partial charge in [-0.25, -0.2) is 9.59 Å². The fraction of sp³-hybridized carbons (Fsp3) is 0.812. The lowest BCUT2D eigenvalue weighted by Crippen LogP contribution is -2.52. The van der Waals surface area contributed by atoms with Crippen LogP contribution in [0.5, 0.6) is 0 Å². The Morgan fingerprint density at radius 3 is 1.74 bits per heavy atom. The zero-order valence-electron chi connectivity index (χ0n) is 16.2. The first kappa shape index (κ1) is 22.8. The first-order valence-corrected chi connectivity index (χ1v) is 8.35. The standard InChI is InChI=1S/C16H26F3N3O5/c1-14(2,3)26-12(24)20-9-7-10(21-13(25)27-15(4,5)6)22(8-9)11(23)16(17,18)19/h9-10H,7-8H2,1-6H3,(H,20,24)(H,21,25)/t9-,10-/m0/s1. The van der Waals surface area contributed by atoms with Crippen molar-refractivity contribution in [1.82, 2.24) is 15.5 Å². The molecular formula is C16H26F3N3O5. The number of nitrogens with zero attached hydrogens (tertiary/aromatic N) is 1. The van der Waals surface area contributed by atoms with Crippen LogP contribution in [0.3, 0.4) is 0 Å². The van der Waals surface area contributed by atoms with Crippen LogP contribution >= 0.6 is 0 Å². The van der Waals surface area contributed by atoms with Crippen LogP contribution in [0.4, 0.5) is 22.8 Å². The summed E-state index contributed by atoms with van der Waals surface area (Å²) in [5, 5.41) is 4.65. The van der Waals surface area contributed by atoms with Gasteiger partial charge < -0.3 is 25.0 Å². The molecule has 27 heavy (non-hydrogen) atoms. The van der Waals surface area contributed by atoms with Gasteiger partial charge in [0, 0.05) is 13.0 Å². The highest BCUT2D eigenvalue weighted by atomic mass is 19.4. The van der Waals surface area contributed by atoms with Gasteiger partial charge in [0.15, 0.2) is 0 Å². The van der Waals surface area contributed by atoms with Gasteiger partial charge in [0.25, 0.3) is 0 Å². The normalized spacial score (nSPS) is 20.9. The molecule has 156 valence electrons. The van der Waals surface area contributed by atoms with Gasteiger partial charge in [0.05, 0.1) is 6.04 Å². The Morgan fingerprint density at radius 2 is 1.33 bits per heavy atom. The highest BCUT2D eigenvalue weighted by Gasteiger charge is 2.49. The van der Waals surface area contributed by atoms with Crippen LogP contribution in [0.15, 0.2) is 0 Å². The number of carbonyl (C=O) groups excluding carboxylic acids is 3. The van der Waals surface area contributed by atoms with Crippen molar-refractivity contribution >= 4 is 18.1 Å². The number of ether oxygens (including phenoxy) is 2. The van der Waals surface area contributed by atoms with Gasteiger partial charge in [-0.2, -0.15) is 13.2 Å². The highest BCUT2D eigenvalue weighted by molar-refractivity contribution is 5.83. The molecule has 11 heteroatoms. The Bertz CT molecular complexity index is 581. The van der Waals surface area contributed by atoms with Crippen LogP contribution < -0.4 is 10.6 Å². The molecule has 0 spiro atoms. The van der Waals surface area contributed by atoms with Gasteiger partial charge in [0.2, 0.25) is 0 Å². The van der Waals surface area contributed by atoms with Crippen molar-refractivity contribution in [3.63, 3.8) is 0 Å². The second-order valence-corrected chi connectivity index (χ2v) is 8.20. The fourth-order valence-corrected chi connectivity index (χ4v) is 2.38. The predicted octanol–water partition coefficient (Wildman–Crippen LogP) is 2.53. The van der Waals surface area contributed by atoms with Gasteiger partial charge in [-0.1, -0.05) is 0 Å². The summed E-state index contributed by atoms with van der Waals surface area (Å²) in [6.07, 6.45) is -8.32. The molecule has 0 radical (unpaired) electrons. The molecule has 1 saturated heterocycles. The lowest BCUT2D eigenvalue weighted by atomic mass is 10.2. The van der Waals surface area contributed by atoms with E-state index in [4.69, 9.17) is 9.47 Å². The molecule has 1 heterocycles. The van der Waals surface area contributed by atoms with E-state index in [1.165, 1.54) is 0 Å². The second-order valence-electron chi connectivity index (χ2n) is 8.20. The van der Waals surface area contributed by atoms with Gasteiger partial charge in [0.1, 0.15) is 17.4 Å². The molecule has 2 atom stereocenters. The van der Waals surface area contributed by atoms with Crippen LogP contribution in [0, 0.1) is 0 Å². The summed E-state index contributed by atoms with van der Waals surface area (Å²) in [5.41, 5.74) is -1.66. The quantitative estimate of drug-likeness (QED) is 0.746. The maximum absolute atomic E-state index is 12.8. The summed E-state index contributed by atoms with van der Waals surface area (Å²) < 4.78 is 48.6. The average molecular weight is 397 g/mol. The minimum absolute atomic E-state index is 0.125. The van der Waals surface area contributed by atoms with Gasteiger partial charge in [-0.15, -0.1) is 0 Å². The molecule has 8 nitrogen and oxygen atoms in total. The molecule has 0 aromatic carbocycles. The van der Waals surface area contributed by atoms with E-state index < -0.39 is 54.2 Å². The maximum atomic E-state index is 12.8. The van der Waals surface area contributed by atoms with Crippen molar-refractivity contribution in [2.45, 2.75) is 77.5 Å². The SMILES string of the molecule is CC(C)(C)OC(=O)N[C@H]1C[C@@H](NC(=O)OC(C)(C)C)N(C(=O)C(F)(F)F)C1. The molecule has 0 bridgehead atoms. The molecule has 2 N–H and O–H groups in total. The first-order chi connectivity index (χ1) is 12.0. The molecule has 1 aliphatic rings. The van der Waals surface area contributed by atoms with E-state index >= 15 is 0 Å². The van der Waals surface area contributed by atoms with Crippen molar-refractivity contribution in [3.8, 4) is 0 Å². The lowest BCUT2D eigenvalue weighted by molar-refractivity contribution is -0.186. The van der Waals surface area contributed by atoms with Crippen molar-refractivity contribution < 1.29 is 37.0 Å². The van der Waals surface area contributed by atoms with Gasteiger partial charge in [-0.05, 0) is 41.5 Å². The molecule has 0 aliphatic carbocycles. The van der Waals surface area contributed by atoms with Crippen LogP contribution in [-0.2, 0) is 14.3 Å². The van der Waals surface area contributed by atoms with Crippen LogP contribution in [0.2, 0.25) is 0 Å². The van der Waals surface area contributed by atoms with Gasteiger partial charge in [-0.3, -0.25) is 4.79 Å². The molecule has 0 saturated carbocycles. The minimum atomic E-state index is -5.12. The number of carbonyl (C=O) groups is 3. The van der Waals surface area contributed by atoms with Crippen LogP contribution in [0.1, 0.15) is 48.0 Å². The Labute approximate surface area is 155 Å². The summed E-state index contributed by atoms with van der Waals surface area (Å²) in [6, 6.07) is -0.828. The molecule has 0 aromatic rings. The van der Waals surface area contributed by atoms with Crippen LogP contribution in [-0.4, -0.2) is 59.1 Å². The third-order valence-corrected chi connectivity index (χ3v) is 3.21. The van der Waals surface area contributed by atoms with Crippen molar-refractivity contribution in [2.75, 3.05) is 6.54 Å². The summed E-state index contributed by atoms with van der Waals surface area (Å²) in [5.74, 6) is -2.11. The number of halogens is 3. The van der Waals surface area contributed by atoms with E-state index in [1.54, 1.807) is 41.5 Å². The number of alkyl carbamates (subject to hydrolysis) is 2. The smallest absolute Gasteiger partial charge is 0.444 e. The summed E-state index contributed by atoms with van der Waals surface area (Å²) in [6.45, 7) is 9.24. The van der Waals surface area contributed by atoms with E-state index in [0.29, 0.717) is 4.90 Å². The van der Waals surface area contributed by atoms with Crippen LogP contribution in [0.25, 0.3) is 0 Å². The molecule has 1 rings (SSSR count). The van der Waals surface area contributed by atoms with Crippen molar-refractivity contribution in [2.24, 2.45) is 0 Å². The topological polar surface area (TPSA) is 97.0 Å². The van der Waals surface area contributed by atoms with E-state index in [9.17, 15) is 27.6 Å². The summed E-state index contributed by atoms with van der Waals surface area (Å²) >= 11 is 0. The monoisotopic (exact) mass is 397 g/mol. The molecule has 1 fully saturated rings. The van der Waals surface area contributed by atoms with E-state index in [1.807, 2.05) is 0 Å². The number of hydrogen-bond acceptors (Lipinski definition) is 5. The van der Waals surface area contributed by atoms with Gasteiger partial charge >= 0.3 is 24.3 Å². The largest absolute Gasteiger partial charge is 0.471 e. The maximum Gasteiger partial charge on any atom is 0.471 e. The van der Waals surface area contributed by atoms with Crippen molar-refractivity contribution in [3.05, 3.63) is 0 Å². The van der Waals surface area contributed by atoms with Crippen molar-refractivity contribution in [1.29, 1.82) is 0 Å². The van der Waals surface area contributed by atoms with E-state index in [-0.39, 0.29) is 6.42 Å². The third-order valence-electron chi connectivity index (χ3n) is 3.21. The van der Waals surface area contributed by atoms with E-state index in [0.717, 1.165) is 0 Å². The fourth-order valence-electron chi connectivity index (χ4n) is 2.38. The number of rotatable bonds is 2. The lowest BCUT2D eigenvalue weighted by Gasteiger charge is -2.27. The Hall–Kier alpha value is -2.20. The molecular weight excluding hydrogens is 371 g/mol. The molecule has 1 aliphatic heterocycles. The highest BCUT2D eigenvalue weighted by Crippen LogP contribution is 2.25. The Morgan fingerprint density at radius 1 is 0.889 bits per heavy atom. The number of hydrogen-bond donors (Lipinski definition) is 2. The number of amides is 3. The van der Waals surface area contributed by atoms with E-state index in [2.05, 4.69) is 10.6 Å². The second kappa shape index (κ2) is 7.81. The Kier molecular flexibility index (Phi) is 6.61. The minimum Gasteiger partial charge on any atom is -0.444 e. The zero-order valence-corrected chi connectivity index (χ0v) is 16.2. The first-order valence-electron chi connectivity index (χ1n) is 8.35. The zero-order chi connectivity index (χ0) is 21.2. The average Bonchev–Trinajstić information content (AvgIpc) is 2.73. The number of nitrogens with one attached hydrogen (secondary N) is 2.